The summed E-state index contributed by atoms with van der Waals surface area (Å²) in [6.07, 6.45) is -3.68. The van der Waals surface area contributed by atoms with Gasteiger partial charge in [0.1, 0.15) is 0 Å². The fraction of sp³-hybridized carbons (Fsp3) is 0.400. The van der Waals surface area contributed by atoms with Gasteiger partial charge in [0.2, 0.25) is 0 Å². The highest BCUT2D eigenvalue weighted by atomic mass is 35.5. The minimum Gasteiger partial charge on any atom is -0.308 e. The molecule has 0 saturated carbocycles. The van der Waals surface area contributed by atoms with E-state index >= 15 is 0 Å². The molecule has 0 spiro atoms. The van der Waals surface area contributed by atoms with Gasteiger partial charge in [0, 0.05) is 23.8 Å². The maximum Gasteiger partial charge on any atom is 0.416 e. The Morgan fingerprint density at radius 3 is 2.44 bits per heavy atom. The molecule has 0 radical (unpaired) electrons. The highest BCUT2D eigenvalue weighted by molar-refractivity contribution is 7.91. The summed E-state index contributed by atoms with van der Waals surface area (Å²) in [6.45, 7) is 2.91. The van der Waals surface area contributed by atoms with E-state index in [0.29, 0.717) is 41.3 Å². The average Bonchev–Trinajstić information content (AvgIpc) is 2.85. The molecular weight excluding hydrogens is 580 g/mol. The van der Waals surface area contributed by atoms with Crippen LogP contribution in [0.25, 0.3) is 10.9 Å². The van der Waals surface area contributed by atoms with Gasteiger partial charge in [-0.3, -0.25) is 14.3 Å². The predicted octanol–water partition coefficient (Wildman–Crippen LogP) is 4.78. The Labute approximate surface area is 231 Å². The highest BCUT2D eigenvalue weighted by Crippen LogP contribution is 2.39. The normalized spacial score (nSPS) is 15.3. The number of likely N-dealkylation sites (tertiary alicyclic amines) is 1. The third-order valence-electron chi connectivity index (χ3n) is 6.76. The standard InChI is InChI=1S/C25H25Cl2F3N4O4S/c1-3-39(37,38)20-7-13(2)19(26)8-14(20)10-34-23(35)16-9-18(25(28,29)30)17(21(27)22(16)32-24(34)36)12-33-6-4-5-15(31)11-33/h7-9,31H,3-6,10-12H2,1-2H3,(H,32,36). The van der Waals surface area contributed by atoms with Crippen LogP contribution in [0.5, 0.6) is 0 Å². The fourth-order valence-corrected chi connectivity index (χ4v) is 6.37. The first-order valence-corrected chi connectivity index (χ1v) is 14.4. The van der Waals surface area contributed by atoms with E-state index in [9.17, 15) is 31.2 Å². The number of nitrogens with zero attached hydrogens (tertiary/aromatic N) is 2. The molecular formula is C25H25Cl2F3N4O4S. The molecule has 2 N–H and O–H groups in total. The number of aryl methyl sites for hydroxylation is 1. The van der Waals surface area contributed by atoms with Gasteiger partial charge in [-0.1, -0.05) is 30.1 Å². The van der Waals surface area contributed by atoms with Crippen LogP contribution in [0.3, 0.4) is 0 Å². The van der Waals surface area contributed by atoms with Crippen molar-refractivity contribution >= 4 is 49.7 Å². The molecule has 1 aromatic heterocycles. The second kappa shape index (κ2) is 10.7. The summed E-state index contributed by atoms with van der Waals surface area (Å²) in [5.74, 6) is -0.256. The van der Waals surface area contributed by atoms with Crippen LogP contribution >= 0.6 is 23.2 Å². The average molecular weight is 605 g/mol. The molecule has 1 fully saturated rings. The zero-order valence-electron chi connectivity index (χ0n) is 21.0. The van der Waals surface area contributed by atoms with Gasteiger partial charge >= 0.3 is 11.9 Å². The molecule has 8 nitrogen and oxygen atoms in total. The largest absolute Gasteiger partial charge is 0.416 e. The number of rotatable bonds is 6. The molecule has 14 heteroatoms. The van der Waals surface area contributed by atoms with Crippen LogP contribution in [0, 0.1) is 12.3 Å². The molecule has 0 atom stereocenters. The van der Waals surface area contributed by atoms with E-state index in [1.54, 1.807) is 11.8 Å². The molecule has 1 saturated heterocycles. The van der Waals surface area contributed by atoms with Gasteiger partial charge in [0.25, 0.3) is 5.56 Å². The number of H-pyrrole nitrogens is 1. The maximum atomic E-state index is 14.2. The van der Waals surface area contributed by atoms with Crippen LogP contribution in [0.2, 0.25) is 10.0 Å². The molecule has 1 aliphatic heterocycles. The van der Waals surface area contributed by atoms with Crippen molar-refractivity contribution in [1.29, 1.82) is 5.41 Å². The quantitative estimate of drug-likeness (QED) is 0.420. The Morgan fingerprint density at radius 2 is 1.82 bits per heavy atom. The van der Waals surface area contributed by atoms with Crippen LogP contribution in [-0.2, 0) is 29.1 Å². The van der Waals surface area contributed by atoms with Gasteiger partial charge < -0.3 is 10.4 Å². The molecule has 1 aliphatic rings. The molecule has 0 unspecified atom stereocenters. The SMILES string of the molecule is CCS(=O)(=O)c1cc(C)c(Cl)cc1Cn1c(=O)[nH]c2c(Cl)c(CN3CCCC(=N)C3)c(C(F)(F)F)cc2c1=O. The number of aromatic nitrogens is 2. The number of aromatic amines is 1. The van der Waals surface area contributed by atoms with E-state index in [2.05, 4.69) is 4.98 Å². The summed E-state index contributed by atoms with van der Waals surface area (Å²) in [5, 5.41) is 7.19. The van der Waals surface area contributed by atoms with Gasteiger partial charge in [0.05, 0.1) is 38.7 Å². The van der Waals surface area contributed by atoms with Crippen LogP contribution in [-0.4, -0.2) is 47.4 Å². The summed E-state index contributed by atoms with van der Waals surface area (Å²) in [6, 6.07) is 3.32. The molecule has 2 heterocycles. The summed E-state index contributed by atoms with van der Waals surface area (Å²) >= 11 is 12.6. The first-order valence-electron chi connectivity index (χ1n) is 12.0. The lowest BCUT2D eigenvalue weighted by Gasteiger charge is -2.28. The summed E-state index contributed by atoms with van der Waals surface area (Å²) in [4.78, 5) is 30.4. The number of benzene rings is 2. The van der Waals surface area contributed by atoms with E-state index in [0.717, 1.165) is 0 Å². The number of hydrogen-bond acceptors (Lipinski definition) is 6. The number of halogens is 5. The molecule has 0 bridgehead atoms. The van der Waals surface area contributed by atoms with Gasteiger partial charge in [-0.25, -0.2) is 13.2 Å². The molecule has 4 rings (SSSR count). The Kier molecular flexibility index (Phi) is 8.06. The first kappa shape index (κ1) is 29.3. The molecule has 2 aromatic carbocycles. The Bertz CT molecular complexity index is 1720. The molecule has 0 amide bonds. The smallest absolute Gasteiger partial charge is 0.308 e. The third kappa shape index (κ3) is 5.79. The lowest BCUT2D eigenvalue weighted by molar-refractivity contribution is -0.138. The van der Waals surface area contributed by atoms with E-state index in [-0.39, 0.29) is 45.4 Å². The van der Waals surface area contributed by atoms with Crippen molar-refractivity contribution in [2.24, 2.45) is 0 Å². The first-order chi connectivity index (χ1) is 18.1. The summed E-state index contributed by atoms with van der Waals surface area (Å²) < 4.78 is 68.5. The monoisotopic (exact) mass is 604 g/mol. The number of sulfone groups is 1. The Hall–Kier alpha value is -2.67. The van der Waals surface area contributed by atoms with Crippen LogP contribution in [0.4, 0.5) is 13.2 Å². The van der Waals surface area contributed by atoms with Crippen molar-refractivity contribution in [3.63, 3.8) is 0 Å². The lowest BCUT2D eigenvalue weighted by Crippen LogP contribution is -2.37. The second-order valence-corrected chi connectivity index (χ2v) is 12.5. The third-order valence-corrected chi connectivity index (χ3v) is 9.39. The number of alkyl halides is 3. The van der Waals surface area contributed by atoms with Crippen molar-refractivity contribution in [2.75, 3.05) is 18.8 Å². The Balaban J connectivity index is 1.91. The number of nitrogens with one attached hydrogen (secondary N) is 2. The molecule has 0 aliphatic carbocycles. The van der Waals surface area contributed by atoms with E-state index in [1.165, 1.54) is 19.1 Å². The minimum absolute atomic E-state index is 0.0470. The van der Waals surface area contributed by atoms with Crippen molar-refractivity contribution in [1.82, 2.24) is 14.5 Å². The Morgan fingerprint density at radius 1 is 1.13 bits per heavy atom. The van der Waals surface area contributed by atoms with Gasteiger partial charge in [-0.15, -0.1) is 0 Å². The van der Waals surface area contributed by atoms with Crippen LogP contribution < -0.4 is 11.2 Å². The van der Waals surface area contributed by atoms with Crippen molar-refractivity contribution in [3.8, 4) is 0 Å². The van der Waals surface area contributed by atoms with Crippen molar-refractivity contribution in [3.05, 3.63) is 71.3 Å². The number of piperidine rings is 1. The summed E-state index contributed by atoms with van der Waals surface area (Å²) in [5.41, 5.74) is -2.82. The fourth-order valence-electron chi connectivity index (χ4n) is 4.68. The van der Waals surface area contributed by atoms with Crippen molar-refractivity contribution in [2.45, 2.75) is 50.9 Å². The number of fused-ring (bicyclic) bond motifs is 1. The predicted molar refractivity (Wildman–Crippen MR) is 144 cm³/mol. The second-order valence-electron chi connectivity index (χ2n) is 9.49. The van der Waals surface area contributed by atoms with E-state index < -0.39 is 49.8 Å². The van der Waals surface area contributed by atoms with E-state index in [1.807, 2.05) is 0 Å². The minimum atomic E-state index is -4.86. The number of hydrogen-bond donors (Lipinski definition) is 2. The van der Waals surface area contributed by atoms with Crippen LogP contribution in [0.15, 0.2) is 32.7 Å². The van der Waals surface area contributed by atoms with Crippen molar-refractivity contribution < 1.29 is 21.6 Å². The molecule has 39 heavy (non-hydrogen) atoms. The van der Waals surface area contributed by atoms with Crippen LogP contribution in [0.1, 0.15) is 42.0 Å². The van der Waals surface area contributed by atoms with E-state index in [4.69, 9.17) is 28.6 Å². The highest BCUT2D eigenvalue weighted by Gasteiger charge is 2.36. The summed E-state index contributed by atoms with van der Waals surface area (Å²) in [7, 11) is -3.79. The molecule has 3 aromatic rings. The van der Waals surface area contributed by atoms with Gasteiger partial charge in [-0.2, -0.15) is 13.2 Å². The van der Waals surface area contributed by atoms with Gasteiger partial charge in [-0.05, 0) is 61.2 Å². The zero-order chi connectivity index (χ0) is 28.9. The lowest BCUT2D eigenvalue weighted by atomic mass is 10.0. The zero-order valence-corrected chi connectivity index (χ0v) is 23.3. The van der Waals surface area contributed by atoms with Gasteiger partial charge in [0.15, 0.2) is 9.84 Å². The molecule has 210 valence electrons. The topological polar surface area (TPSA) is 116 Å². The maximum absolute atomic E-state index is 14.2.